The zero-order valence-electron chi connectivity index (χ0n) is 21.4. The van der Waals surface area contributed by atoms with Crippen molar-refractivity contribution in [2.24, 2.45) is 5.92 Å². The molecular formula is C26H26ClF6N3O4. The number of alkyl halides is 6. The second-order valence-electron chi connectivity index (χ2n) is 9.96. The number of hydrogen-bond donors (Lipinski definition) is 1. The largest absolute Gasteiger partial charge is 0.449 e. The molecule has 14 heteroatoms. The van der Waals surface area contributed by atoms with E-state index in [4.69, 9.17) is 21.1 Å². The highest BCUT2D eigenvalue weighted by Gasteiger charge is 2.46. The van der Waals surface area contributed by atoms with Crippen molar-refractivity contribution >= 4 is 29.5 Å². The molecule has 1 aliphatic heterocycles. The van der Waals surface area contributed by atoms with Gasteiger partial charge in [-0.2, -0.15) is 26.3 Å². The maximum atomic E-state index is 13.5. The zero-order valence-corrected chi connectivity index (χ0v) is 22.2. The van der Waals surface area contributed by atoms with E-state index in [0.29, 0.717) is 6.07 Å². The fourth-order valence-electron chi connectivity index (χ4n) is 4.67. The molecule has 1 aromatic heterocycles. The van der Waals surface area contributed by atoms with Gasteiger partial charge in [-0.1, -0.05) is 11.6 Å². The summed E-state index contributed by atoms with van der Waals surface area (Å²) in [4.78, 5) is 30.8. The monoisotopic (exact) mass is 593 g/mol. The summed E-state index contributed by atoms with van der Waals surface area (Å²) in [6, 6.07) is 3.04. The fourth-order valence-corrected chi connectivity index (χ4v) is 4.90. The Balaban J connectivity index is 1.53. The van der Waals surface area contributed by atoms with Crippen LogP contribution in [0, 0.1) is 5.92 Å². The highest BCUT2D eigenvalue weighted by atomic mass is 35.5. The number of pyridine rings is 1. The van der Waals surface area contributed by atoms with Gasteiger partial charge in [-0.3, -0.25) is 4.90 Å². The maximum absolute atomic E-state index is 13.5. The lowest BCUT2D eigenvalue weighted by molar-refractivity contribution is -0.138. The minimum atomic E-state index is -4.67. The Hall–Kier alpha value is -3.22. The molecule has 218 valence electrons. The van der Waals surface area contributed by atoms with Gasteiger partial charge in [0.25, 0.3) is 0 Å². The molecule has 2 unspecified atom stereocenters. The topological polar surface area (TPSA) is 80.8 Å². The van der Waals surface area contributed by atoms with E-state index in [-0.39, 0.29) is 47.5 Å². The number of benzene rings is 1. The number of anilines is 1. The third-order valence-electron chi connectivity index (χ3n) is 6.56. The van der Waals surface area contributed by atoms with E-state index in [0.717, 1.165) is 31.0 Å². The molecule has 2 amide bonds. The van der Waals surface area contributed by atoms with Crippen molar-refractivity contribution in [2.75, 3.05) is 11.5 Å². The van der Waals surface area contributed by atoms with Crippen molar-refractivity contribution in [1.29, 1.82) is 0 Å². The Labute approximate surface area is 230 Å². The Bertz CT molecular complexity index is 1270. The van der Waals surface area contributed by atoms with E-state index in [1.807, 2.05) is 0 Å². The van der Waals surface area contributed by atoms with Crippen LogP contribution < -0.4 is 10.2 Å². The summed E-state index contributed by atoms with van der Waals surface area (Å²) >= 11 is 5.68. The molecule has 2 aliphatic rings. The number of aromatic nitrogens is 1. The molecule has 40 heavy (non-hydrogen) atoms. The number of carbonyl (C=O) groups excluding carboxylic acids is 2. The van der Waals surface area contributed by atoms with Crippen molar-refractivity contribution in [2.45, 2.75) is 70.1 Å². The van der Waals surface area contributed by atoms with E-state index < -0.39 is 53.9 Å². The maximum Gasteiger partial charge on any atom is 0.416 e. The predicted octanol–water partition coefficient (Wildman–Crippen LogP) is 7.32. The number of amides is 2. The van der Waals surface area contributed by atoms with Crippen molar-refractivity contribution in [3.63, 3.8) is 0 Å². The highest BCUT2D eigenvalue weighted by Crippen LogP contribution is 2.48. The molecule has 0 saturated heterocycles. The summed E-state index contributed by atoms with van der Waals surface area (Å²) in [5.41, 5.74) is -1.76. The number of alkyl carbamates (subject to hydrolysis) is 1. The minimum absolute atomic E-state index is 0.0569. The fraction of sp³-hybridized carbons (Fsp3) is 0.500. The summed E-state index contributed by atoms with van der Waals surface area (Å²) in [5.74, 6) is 0.0761. The molecule has 1 aromatic carbocycles. The lowest BCUT2D eigenvalue weighted by atomic mass is 9.88. The first-order valence-corrected chi connectivity index (χ1v) is 12.9. The second-order valence-corrected chi connectivity index (χ2v) is 10.4. The number of nitrogens with zero attached hydrogens (tertiary/aromatic N) is 2. The molecule has 1 saturated carbocycles. The van der Waals surface area contributed by atoms with Crippen LogP contribution in [0.2, 0.25) is 5.15 Å². The molecule has 2 heterocycles. The molecule has 2 atom stereocenters. The second kappa shape index (κ2) is 11.3. The SMILES string of the molecule is CC(C)OC(=O)N1c2ccc(C(F)(F)F)cc2C(NC(=O)OCCc2cc(C(F)(F)F)cc(Cl)n2)CC1C1CC1. The molecule has 4 rings (SSSR count). The van der Waals surface area contributed by atoms with Gasteiger partial charge in [0.1, 0.15) is 5.15 Å². The third-order valence-corrected chi connectivity index (χ3v) is 6.75. The first-order valence-electron chi connectivity index (χ1n) is 12.5. The van der Waals surface area contributed by atoms with Crippen molar-refractivity contribution in [3.8, 4) is 0 Å². The molecule has 0 bridgehead atoms. The van der Waals surface area contributed by atoms with Crippen LogP contribution in [0.4, 0.5) is 41.6 Å². The van der Waals surface area contributed by atoms with Gasteiger partial charge in [0.05, 0.1) is 35.6 Å². The standard InChI is InChI=1S/C26H26ClF6N3O4/c1-13(2)40-24(38)36-20-6-5-15(25(28,29)30)10-18(20)19(12-21(36)14-3-4-14)35-23(37)39-8-7-17-9-16(26(31,32)33)11-22(27)34-17/h5-6,9-11,13-14,19,21H,3-4,7-8,12H2,1-2H3,(H,35,37). The van der Waals surface area contributed by atoms with Gasteiger partial charge in [-0.05, 0) is 74.9 Å². The molecular weight excluding hydrogens is 568 g/mol. The van der Waals surface area contributed by atoms with Crippen LogP contribution in [0.3, 0.4) is 0 Å². The van der Waals surface area contributed by atoms with Crippen molar-refractivity contribution < 1.29 is 45.4 Å². The van der Waals surface area contributed by atoms with Crippen LogP contribution in [0.15, 0.2) is 30.3 Å². The van der Waals surface area contributed by atoms with E-state index in [2.05, 4.69) is 10.3 Å². The normalized spacial score (nSPS) is 19.3. The molecule has 0 spiro atoms. The summed E-state index contributed by atoms with van der Waals surface area (Å²) in [7, 11) is 0. The van der Waals surface area contributed by atoms with Crippen LogP contribution in [0.5, 0.6) is 0 Å². The number of fused-ring (bicyclic) bond motifs is 1. The summed E-state index contributed by atoms with van der Waals surface area (Å²) in [6.07, 6.45) is -9.92. The van der Waals surface area contributed by atoms with Gasteiger partial charge in [0.15, 0.2) is 0 Å². The van der Waals surface area contributed by atoms with Crippen LogP contribution >= 0.6 is 11.6 Å². The van der Waals surface area contributed by atoms with Gasteiger partial charge in [0, 0.05) is 18.2 Å². The molecule has 1 fully saturated rings. The number of hydrogen-bond acceptors (Lipinski definition) is 5. The lowest BCUT2D eigenvalue weighted by Gasteiger charge is -2.41. The summed E-state index contributed by atoms with van der Waals surface area (Å²) in [5, 5.41) is 2.19. The van der Waals surface area contributed by atoms with Gasteiger partial charge in [-0.25, -0.2) is 14.6 Å². The van der Waals surface area contributed by atoms with Gasteiger partial charge < -0.3 is 14.8 Å². The Morgan fingerprint density at radius 2 is 1.75 bits per heavy atom. The van der Waals surface area contributed by atoms with Gasteiger partial charge >= 0.3 is 24.5 Å². The first kappa shape index (κ1) is 29.8. The third kappa shape index (κ3) is 7.10. The molecule has 2 aromatic rings. The smallest absolute Gasteiger partial charge is 0.416 e. The van der Waals surface area contributed by atoms with Crippen LogP contribution in [-0.2, 0) is 28.2 Å². The van der Waals surface area contributed by atoms with Crippen LogP contribution in [0.25, 0.3) is 0 Å². The quantitative estimate of drug-likeness (QED) is 0.280. The number of ether oxygens (including phenoxy) is 2. The average Bonchev–Trinajstić information content (AvgIpc) is 3.67. The molecule has 1 aliphatic carbocycles. The number of carbonyl (C=O) groups is 2. The number of nitrogens with one attached hydrogen (secondary N) is 1. The zero-order chi connectivity index (χ0) is 29.4. The van der Waals surface area contributed by atoms with Crippen LogP contribution in [-0.4, -0.2) is 35.9 Å². The molecule has 7 nitrogen and oxygen atoms in total. The van der Waals surface area contributed by atoms with E-state index in [1.165, 1.54) is 11.0 Å². The van der Waals surface area contributed by atoms with Gasteiger partial charge in [-0.15, -0.1) is 0 Å². The van der Waals surface area contributed by atoms with Crippen molar-refractivity contribution in [3.05, 3.63) is 57.9 Å². The van der Waals surface area contributed by atoms with Crippen LogP contribution in [0.1, 0.15) is 61.5 Å². The summed E-state index contributed by atoms with van der Waals surface area (Å²) < 4.78 is 90.2. The van der Waals surface area contributed by atoms with E-state index >= 15 is 0 Å². The van der Waals surface area contributed by atoms with Crippen molar-refractivity contribution in [1.82, 2.24) is 10.3 Å². The first-order chi connectivity index (χ1) is 18.6. The van der Waals surface area contributed by atoms with E-state index in [9.17, 15) is 35.9 Å². The predicted molar refractivity (Wildman–Crippen MR) is 132 cm³/mol. The minimum Gasteiger partial charge on any atom is -0.449 e. The molecule has 1 N–H and O–H groups in total. The number of rotatable bonds is 6. The number of halogens is 7. The lowest BCUT2D eigenvalue weighted by Crippen LogP contribution is -2.49. The Morgan fingerprint density at radius 3 is 2.35 bits per heavy atom. The summed E-state index contributed by atoms with van der Waals surface area (Å²) in [6.45, 7) is 2.95. The van der Waals surface area contributed by atoms with E-state index in [1.54, 1.807) is 13.8 Å². The van der Waals surface area contributed by atoms with Gasteiger partial charge in [0.2, 0.25) is 0 Å². The highest BCUT2D eigenvalue weighted by molar-refractivity contribution is 6.29. The average molecular weight is 594 g/mol. The Kier molecular flexibility index (Phi) is 8.44. The molecule has 0 radical (unpaired) electrons. The Morgan fingerprint density at radius 1 is 1.07 bits per heavy atom.